The van der Waals surface area contributed by atoms with E-state index < -0.39 is 11.9 Å². The second kappa shape index (κ2) is 8.71. The average molecular weight is 335 g/mol. The number of ether oxygens (including phenoxy) is 2. The molecule has 6 nitrogen and oxygen atoms in total. The fourth-order valence-corrected chi connectivity index (χ4v) is 1.98. The molecule has 0 aliphatic carbocycles. The summed E-state index contributed by atoms with van der Waals surface area (Å²) < 4.78 is 10.1. The number of imide groups is 1. The zero-order chi connectivity index (χ0) is 15.8. The first kappa shape index (κ1) is 17.6. The highest BCUT2D eigenvalue weighted by molar-refractivity contribution is 6.34. The van der Waals surface area contributed by atoms with Gasteiger partial charge < -0.3 is 14.8 Å². The van der Waals surface area contributed by atoms with Crippen molar-refractivity contribution in [2.75, 3.05) is 20.3 Å². The average Bonchev–Trinajstić information content (AvgIpc) is 2.35. The first-order valence-electron chi connectivity index (χ1n) is 6.09. The SMILES string of the molecule is COCC(C)NC(=O)NC(=O)COc1cc(Cl)cc(Cl)c1. The fraction of sp³-hybridized carbons (Fsp3) is 0.385. The van der Waals surface area contributed by atoms with E-state index in [1.807, 2.05) is 0 Å². The van der Waals surface area contributed by atoms with E-state index in [4.69, 9.17) is 32.7 Å². The van der Waals surface area contributed by atoms with Crippen molar-refractivity contribution in [2.24, 2.45) is 0 Å². The molecule has 1 unspecified atom stereocenters. The maximum absolute atomic E-state index is 11.5. The quantitative estimate of drug-likeness (QED) is 0.836. The molecule has 0 heterocycles. The number of urea groups is 1. The molecule has 0 fully saturated rings. The minimum Gasteiger partial charge on any atom is -0.484 e. The Labute approximate surface area is 132 Å². The Kier molecular flexibility index (Phi) is 7.28. The zero-order valence-electron chi connectivity index (χ0n) is 11.6. The number of carbonyl (C=O) groups is 2. The Morgan fingerprint density at radius 1 is 1.24 bits per heavy atom. The number of halogens is 2. The molecule has 21 heavy (non-hydrogen) atoms. The number of hydrogen-bond donors (Lipinski definition) is 2. The number of rotatable bonds is 6. The first-order chi connectivity index (χ1) is 9.90. The summed E-state index contributed by atoms with van der Waals surface area (Å²) in [5.41, 5.74) is 0. The first-order valence-corrected chi connectivity index (χ1v) is 6.84. The summed E-state index contributed by atoms with van der Waals surface area (Å²) >= 11 is 11.6. The summed E-state index contributed by atoms with van der Waals surface area (Å²) in [6.07, 6.45) is 0. The summed E-state index contributed by atoms with van der Waals surface area (Å²) in [5.74, 6) is -0.246. The van der Waals surface area contributed by atoms with Crippen molar-refractivity contribution in [3.63, 3.8) is 0 Å². The highest BCUT2D eigenvalue weighted by Crippen LogP contribution is 2.23. The lowest BCUT2D eigenvalue weighted by molar-refractivity contribution is -0.122. The van der Waals surface area contributed by atoms with Crippen LogP contribution in [-0.2, 0) is 9.53 Å². The van der Waals surface area contributed by atoms with Crippen molar-refractivity contribution in [3.8, 4) is 5.75 Å². The molecule has 2 N–H and O–H groups in total. The highest BCUT2D eigenvalue weighted by atomic mass is 35.5. The molecular weight excluding hydrogens is 319 g/mol. The number of amides is 3. The van der Waals surface area contributed by atoms with E-state index in [2.05, 4.69) is 10.6 Å². The van der Waals surface area contributed by atoms with E-state index >= 15 is 0 Å². The van der Waals surface area contributed by atoms with E-state index in [1.165, 1.54) is 19.2 Å². The summed E-state index contributed by atoms with van der Waals surface area (Å²) in [5, 5.41) is 5.45. The van der Waals surface area contributed by atoms with Crippen LogP contribution in [0, 0.1) is 0 Å². The van der Waals surface area contributed by atoms with Gasteiger partial charge in [0.25, 0.3) is 5.91 Å². The molecule has 0 radical (unpaired) electrons. The molecule has 3 amide bonds. The van der Waals surface area contributed by atoms with Gasteiger partial charge >= 0.3 is 6.03 Å². The third-order valence-corrected chi connectivity index (χ3v) is 2.69. The van der Waals surface area contributed by atoms with Gasteiger partial charge in [-0.1, -0.05) is 23.2 Å². The molecule has 1 rings (SSSR count). The second-order valence-corrected chi connectivity index (χ2v) is 5.14. The number of nitrogens with one attached hydrogen (secondary N) is 2. The topological polar surface area (TPSA) is 76.7 Å². The predicted molar refractivity (Wildman–Crippen MR) is 80.0 cm³/mol. The molecule has 1 aromatic rings. The van der Waals surface area contributed by atoms with Crippen molar-refractivity contribution in [2.45, 2.75) is 13.0 Å². The molecule has 0 saturated heterocycles. The molecule has 0 bridgehead atoms. The Bertz CT molecular complexity index is 491. The van der Waals surface area contributed by atoms with E-state index in [-0.39, 0.29) is 12.6 Å². The number of benzene rings is 1. The van der Waals surface area contributed by atoms with Crippen molar-refractivity contribution < 1.29 is 19.1 Å². The molecule has 0 spiro atoms. The lowest BCUT2D eigenvalue weighted by Crippen LogP contribution is -2.46. The van der Waals surface area contributed by atoms with Gasteiger partial charge in [0.1, 0.15) is 5.75 Å². The minimum absolute atomic E-state index is 0.213. The van der Waals surface area contributed by atoms with Crippen LogP contribution in [0.15, 0.2) is 18.2 Å². The second-order valence-electron chi connectivity index (χ2n) is 4.27. The molecule has 116 valence electrons. The summed E-state index contributed by atoms with van der Waals surface area (Å²) in [6, 6.07) is 3.75. The maximum atomic E-state index is 11.5. The smallest absolute Gasteiger partial charge is 0.321 e. The monoisotopic (exact) mass is 334 g/mol. The number of carbonyl (C=O) groups excluding carboxylic acids is 2. The standard InChI is InChI=1S/C13H16Cl2N2O4/c1-8(6-20-2)16-13(19)17-12(18)7-21-11-4-9(14)3-10(15)5-11/h3-5,8H,6-7H2,1-2H3,(H2,16,17,18,19). The van der Waals surface area contributed by atoms with Crippen LogP contribution < -0.4 is 15.4 Å². The summed E-state index contributed by atoms with van der Waals surface area (Å²) in [6.45, 7) is 1.76. The molecule has 0 saturated carbocycles. The van der Waals surface area contributed by atoms with E-state index in [1.54, 1.807) is 13.0 Å². The van der Waals surface area contributed by atoms with Crippen LogP contribution in [0.25, 0.3) is 0 Å². The largest absolute Gasteiger partial charge is 0.484 e. The van der Waals surface area contributed by atoms with Gasteiger partial charge in [0.05, 0.1) is 12.6 Å². The van der Waals surface area contributed by atoms with Crippen molar-refractivity contribution in [3.05, 3.63) is 28.2 Å². The third kappa shape index (κ3) is 7.17. The molecule has 0 aromatic heterocycles. The maximum Gasteiger partial charge on any atom is 0.321 e. The van der Waals surface area contributed by atoms with Crippen LogP contribution in [0.3, 0.4) is 0 Å². The Morgan fingerprint density at radius 3 is 2.43 bits per heavy atom. The van der Waals surface area contributed by atoms with Crippen LogP contribution in [-0.4, -0.2) is 38.3 Å². The van der Waals surface area contributed by atoms with E-state index in [9.17, 15) is 9.59 Å². The van der Waals surface area contributed by atoms with Crippen LogP contribution in [0.4, 0.5) is 4.79 Å². The zero-order valence-corrected chi connectivity index (χ0v) is 13.1. The van der Waals surface area contributed by atoms with E-state index in [0.29, 0.717) is 22.4 Å². The lowest BCUT2D eigenvalue weighted by atomic mass is 10.3. The van der Waals surface area contributed by atoms with Gasteiger partial charge in [-0.3, -0.25) is 10.1 Å². The Balaban J connectivity index is 2.38. The molecule has 0 aliphatic heterocycles. The van der Waals surface area contributed by atoms with Crippen LogP contribution in [0.2, 0.25) is 10.0 Å². The summed E-state index contributed by atoms with van der Waals surface area (Å²) in [7, 11) is 1.52. The predicted octanol–water partition coefficient (Wildman–Crippen LogP) is 2.23. The molecule has 8 heteroatoms. The molecule has 1 atom stereocenters. The van der Waals surface area contributed by atoms with Gasteiger partial charge in [0, 0.05) is 17.2 Å². The van der Waals surface area contributed by atoms with Crippen molar-refractivity contribution in [1.82, 2.24) is 10.6 Å². The summed E-state index contributed by atoms with van der Waals surface area (Å²) in [4.78, 5) is 23.0. The van der Waals surface area contributed by atoms with Crippen LogP contribution >= 0.6 is 23.2 Å². The van der Waals surface area contributed by atoms with Gasteiger partial charge in [-0.2, -0.15) is 0 Å². The highest BCUT2D eigenvalue weighted by Gasteiger charge is 2.11. The van der Waals surface area contributed by atoms with Gasteiger partial charge in [-0.25, -0.2) is 4.79 Å². The molecular formula is C13H16Cl2N2O4. The van der Waals surface area contributed by atoms with Crippen molar-refractivity contribution in [1.29, 1.82) is 0 Å². The lowest BCUT2D eigenvalue weighted by Gasteiger charge is -2.13. The molecule has 0 aliphatic rings. The normalized spacial score (nSPS) is 11.6. The van der Waals surface area contributed by atoms with Gasteiger partial charge in [0.2, 0.25) is 0 Å². The fourth-order valence-electron chi connectivity index (χ4n) is 1.47. The third-order valence-electron chi connectivity index (χ3n) is 2.25. The minimum atomic E-state index is -0.614. The number of hydrogen-bond acceptors (Lipinski definition) is 4. The van der Waals surface area contributed by atoms with Gasteiger partial charge in [-0.15, -0.1) is 0 Å². The Morgan fingerprint density at radius 2 is 1.86 bits per heavy atom. The van der Waals surface area contributed by atoms with Crippen LogP contribution in [0.1, 0.15) is 6.92 Å². The van der Waals surface area contributed by atoms with Gasteiger partial charge in [-0.05, 0) is 25.1 Å². The van der Waals surface area contributed by atoms with Gasteiger partial charge in [0.15, 0.2) is 6.61 Å². The number of methoxy groups -OCH3 is 1. The van der Waals surface area contributed by atoms with Crippen molar-refractivity contribution >= 4 is 35.1 Å². The Hall–Kier alpha value is -1.50. The molecule has 1 aromatic carbocycles. The van der Waals surface area contributed by atoms with Crippen LogP contribution in [0.5, 0.6) is 5.75 Å². The van der Waals surface area contributed by atoms with E-state index in [0.717, 1.165) is 0 Å².